The van der Waals surface area contributed by atoms with Crippen LogP contribution in [0.1, 0.15) is 5.56 Å². The first-order valence-electron chi connectivity index (χ1n) is 8.20. The molecule has 2 heterocycles. The van der Waals surface area contributed by atoms with Gasteiger partial charge in [-0.3, -0.25) is 4.79 Å². The van der Waals surface area contributed by atoms with Crippen molar-refractivity contribution in [2.24, 2.45) is 0 Å². The number of hydrogen-bond donors (Lipinski definition) is 1. The number of para-hydroxylation sites is 1. The Morgan fingerprint density at radius 2 is 2.04 bits per heavy atom. The highest BCUT2D eigenvalue weighted by atomic mass is 32.1. The van der Waals surface area contributed by atoms with E-state index in [4.69, 9.17) is 9.47 Å². The fourth-order valence-electron chi connectivity index (χ4n) is 2.84. The molecule has 4 rings (SSSR count). The number of anilines is 1. The zero-order valence-corrected chi connectivity index (χ0v) is 15.0. The molecule has 0 radical (unpaired) electrons. The molecule has 130 valence electrons. The van der Waals surface area contributed by atoms with Crippen molar-refractivity contribution in [2.45, 2.75) is 0 Å². The molecular formula is C21H17NO3S. The summed E-state index contributed by atoms with van der Waals surface area (Å²) in [4.78, 5) is 13.9. The number of fused-ring (bicyclic) bond motifs is 1. The van der Waals surface area contributed by atoms with Gasteiger partial charge in [0.15, 0.2) is 0 Å². The van der Waals surface area contributed by atoms with Gasteiger partial charge in [-0.1, -0.05) is 24.3 Å². The Morgan fingerprint density at radius 1 is 1.15 bits per heavy atom. The molecule has 4 nitrogen and oxygen atoms in total. The number of amides is 1. The summed E-state index contributed by atoms with van der Waals surface area (Å²) in [6.45, 7) is 0.229. The summed E-state index contributed by atoms with van der Waals surface area (Å²) in [6.07, 6.45) is 1.86. The lowest BCUT2D eigenvalue weighted by Gasteiger charge is -2.19. The summed E-state index contributed by atoms with van der Waals surface area (Å²) in [5, 5.41) is 5.04. The van der Waals surface area contributed by atoms with Crippen LogP contribution >= 0.6 is 11.3 Å². The summed E-state index contributed by atoms with van der Waals surface area (Å²) in [5.41, 5.74) is 3.26. The third-order valence-corrected chi connectivity index (χ3v) is 5.09. The van der Waals surface area contributed by atoms with Crippen LogP contribution < -0.4 is 14.8 Å². The molecule has 1 aliphatic rings. The summed E-state index contributed by atoms with van der Waals surface area (Å²) >= 11 is 1.64. The van der Waals surface area contributed by atoms with Crippen molar-refractivity contribution >= 4 is 29.0 Å². The van der Waals surface area contributed by atoms with E-state index in [1.54, 1.807) is 18.4 Å². The summed E-state index contributed by atoms with van der Waals surface area (Å²) in [6, 6.07) is 17.4. The molecule has 0 fully saturated rings. The molecule has 0 aliphatic carbocycles. The van der Waals surface area contributed by atoms with E-state index in [0.29, 0.717) is 5.57 Å². The van der Waals surface area contributed by atoms with Gasteiger partial charge in [0.25, 0.3) is 5.91 Å². The van der Waals surface area contributed by atoms with Crippen LogP contribution in [0.15, 0.2) is 65.6 Å². The molecule has 26 heavy (non-hydrogen) atoms. The van der Waals surface area contributed by atoms with E-state index in [1.807, 2.05) is 66.1 Å². The molecular weight excluding hydrogens is 346 g/mol. The van der Waals surface area contributed by atoms with Crippen LogP contribution in [0.3, 0.4) is 0 Å². The van der Waals surface area contributed by atoms with Gasteiger partial charge >= 0.3 is 0 Å². The van der Waals surface area contributed by atoms with Crippen molar-refractivity contribution in [3.8, 4) is 21.9 Å². The molecule has 3 aromatic rings. The summed E-state index contributed by atoms with van der Waals surface area (Å²) < 4.78 is 10.9. The smallest absolute Gasteiger partial charge is 0.255 e. The minimum Gasteiger partial charge on any atom is -0.497 e. The van der Waals surface area contributed by atoms with Crippen LogP contribution in [0.4, 0.5) is 5.69 Å². The van der Waals surface area contributed by atoms with Gasteiger partial charge in [-0.05, 0) is 35.7 Å². The molecule has 0 bridgehead atoms. The Morgan fingerprint density at radius 3 is 2.85 bits per heavy atom. The molecule has 1 aliphatic heterocycles. The molecule has 0 unspecified atom stereocenters. The highest BCUT2D eigenvalue weighted by Gasteiger charge is 2.19. The van der Waals surface area contributed by atoms with Crippen molar-refractivity contribution < 1.29 is 14.3 Å². The molecule has 1 amide bonds. The molecule has 5 heteroatoms. The van der Waals surface area contributed by atoms with Gasteiger partial charge in [-0.25, -0.2) is 0 Å². The Kier molecular flexibility index (Phi) is 4.46. The molecule has 2 aromatic carbocycles. The second-order valence-electron chi connectivity index (χ2n) is 5.84. The molecule has 0 spiro atoms. The number of carbonyl (C=O) groups is 1. The van der Waals surface area contributed by atoms with Crippen LogP contribution in [0, 0.1) is 0 Å². The van der Waals surface area contributed by atoms with Gasteiger partial charge in [0.05, 0.1) is 12.7 Å². The molecule has 1 N–H and O–H groups in total. The van der Waals surface area contributed by atoms with E-state index in [9.17, 15) is 4.79 Å². The van der Waals surface area contributed by atoms with E-state index in [1.165, 1.54) is 0 Å². The van der Waals surface area contributed by atoms with E-state index in [0.717, 1.165) is 33.2 Å². The maximum absolute atomic E-state index is 12.7. The van der Waals surface area contributed by atoms with Crippen molar-refractivity contribution in [3.63, 3.8) is 0 Å². The minimum absolute atomic E-state index is 0.157. The standard InChI is InChI=1S/C21H17NO3S/c1-24-16-9-8-14-11-15(13-25-19(14)12-16)21(23)22-18-6-3-2-5-17(18)20-7-4-10-26-20/h2-12H,13H2,1H3,(H,22,23). The van der Waals surface area contributed by atoms with Crippen molar-refractivity contribution in [1.82, 2.24) is 0 Å². The number of hydrogen-bond acceptors (Lipinski definition) is 4. The first-order valence-corrected chi connectivity index (χ1v) is 9.08. The average Bonchev–Trinajstić information content (AvgIpc) is 3.22. The molecule has 1 aromatic heterocycles. The predicted octanol–water partition coefficient (Wildman–Crippen LogP) is 4.84. The molecule has 0 saturated heterocycles. The topological polar surface area (TPSA) is 47.6 Å². The maximum atomic E-state index is 12.7. The Bertz CT molecular complexity index is 977. The fraction of sp³-hybridized carbons (Fsp3) is 0.0952. The average molecular weight is 363 g/mol. The fourth-order valence-corrected chi connectivity index (χ4v) is 3.61. The van der Waals surface area contributed by atoms with E-state index in [-0.39, 0.29) is 12.5 Å². The number of thiophene rings is 1. The lowest BCUT2D eigenvalue weighted by Crippen LogP contribution is -2.21. The van der Waals surface area contributed by atoms with Gasteiger partial charge in [-0.2, -0.15) is 0 Å². The van der Waals surface area contributed by atoms with Crippen molar-refractivity contribution in [2.75, 3.05) is 19.0 Å². The lowest BCUT2D eigenvalue weighted by molar-refractivity contribution is -0.113. The first-order chi connectivity index (χ1) is 12.7. The van der Waals surface area contributed by atoms with Crippen LogP contribution in [0.5, 0.6) is 11.5 Å². The van der Waals surface area contributed by atoms with Gasteiger partial charge in [0, 0.05) is 27.8 Å². The monoisotopic (exact) mass is 363 g/mol. The van der Waals surface area contributed by atoms with Gasteiger partial charge in [0.2, 0.25) is 0 Å². The van der Waals surface area contributed by atoms with Crippen LogP contribution in [-0.4, -0.2) is 19.6 Å². The number of nitrogens with one attached hydrogen (secondary N) is 1. The van der Waals surface area contributed by atoms with Crippen molar-refractivity contribution in [1.29, 1.82) is 0 Å². The predicted molar refractivity (Wildman–Crippen MR) is 105 cm³/mol. The second kappa shape index (κ2) is 7.06. The van der Waals surface area contributed by atoms with Crippen LogP contribution in [0.2, 0.25) is 0 Å². The third-order valence-electron chi connectivity index (χ3n) is 4.19. The van der Waals surface area contributed by atoms with E-state index in [2.05, 4.69) is 5.32 Å². The minimum atomic E-state index is -0.157. The van der Waals surface area contributed by atoms with Gasteiger partial charge in [-0.15, -0.1) is 11.3 Å². The third kappa shape index (κ3) is 3.21. The number of benzene rings is 2. The van der Waals surface area contributed by atoms with Gasteiger partial charge < -0.3 is 14.8 Å². The SMILES string of the molecule is COc1ccc2c(c1)OCC(C(=O)Nc1ccccc1-c1cccs1)=C2. The number of carbonyl (C=O) groups excluding carboxylic acids is 1. The largest absolute Gasteiger partial charge is 0.497 e. The number of methoxy groups -OCH3 is 1. The van der Waals surface area contributed by atoms with Crippen LogP contribution in [0.25, 0.3) is 16.5 Å². The Balaban J connectivity index is 1.59. The molecule has 0 atom stereocenters. The van der Waals surface area contributed by atoms with Crippen molar-refractivity contribution in [3.05, 3.63) is 71.1 Å². The van der Waals surface area contributed by atoms with Crippen LogP contribution in [-0.2, 0) is 4.79 Å². The summed E-state index contributed by atoms with van der Waals surface area (Å²) in [5.74, 6) is 1.30. The second-order valence-corrected chi connectivity index (χ2v) is 6.79. The normalized spacial score (nSPS) is 12.6. The maximum Gasteiger partial charge on any atom is 0.255 e. The highest BCUT2D eigenvalue weighted by molar-refractivity contribution is 7.13. The molecule has 0 saturated carbocycles. The highest BCUT2D eigenvalue weighted by Crippen LogP contribution is 2.33. The van der Waals surface area contributed by atoms with E-state index < -0.39 is 0 Å². The Hall–Kier alpha value is -3.05. The summed E-state index contributed by atoms with van der Waals surface area (Å²) in [7, 11) is 1.62. The Labute approximate surface area is 155 Å². The van der Waals surface area contributed by atoms with E-state index >= 15 is 0 Å². The van der Waals surface area contributed by atoms with Gasteiger partial charge in [0.1, 0.15) is 18.1 Å². The zero-order chi connectivity index (χ0) is 17.9. The zero-order valence-electron chi connectivity index (χ0n) is 14.2. The quantitative estimate of drug-likeness (QED) is 0.722. The first kappa shape index (κ1) is 16.4. The lowest BCUT2D eigenvalue weighted by atomic mass is 10.1. The number of rotatable bonds is 4. The number of ether oxygens (including phenoxy) is 2.